The van der Waals surface area contributed by atoms with Crippen molar-refractivity contribution < 1.29 is 9.32 Å². The molecule has 0 radical (unpaired) electrons. The van der Waals surface area contributed by atoms with Crippen LogP contribution in [0.5, 0.6) is 0 Å². The third-order valence-corrected chi connectivity index (χ3v) is 3.86. The van der Waals surface area contributed by atoms with Crippen molar-refractivity contribution in [2.45, 2.75) is 44.6 Å². The minimum atomic E-state index is -0.296. The summed E-state index contributed by atoms with van der Waals surface area (Å²) >= 11 is 1.34. The van der Waals surface area contributed by atoms with E-state index in [1.54, 1.807) is 18.9 Å². The second-order valence-electron chi connectivity index (χ2n) is 5.12. The largest absolute Gasteiger partial charge is 0.337 e. The summed E-state index contributed by atoms with van der Waals surface area (Å²) in [4.78, 5) is 26.7. The van der Waals surface area contributed by atoms with Crippen LogP contribution in [0.1, 0.15) is 30.0 Å². The number of amides is 1. The Hall–Kier alpha value is -1.96. The highest BCUT2D eigenvalue weighted by atomic mass is 32.2. The average Bonchev–Trinajstić information content (AvgIpc) is 2.81. The standard InChI is InChI=1S/C14H19N5O2S/c1-8-6-9(2)16-14(15-8)22-10(3)13(20)19(5)7-12-17-11(4)18-21-12/h6,10H,7H2,1-5H3. The molecule has 1 atom stereocenters. The average molecular weight is 321 g/mol. The Bertz CT molecular complexity index is 653. The molecule has 0 aliphatic heterocycles. The predicted molar refractivity (Wildman–Crippen MR) is 82.3 cm³/mol. The van der Waals surface area contributed by atoms with Gasteiger partial charge in [0.2, 0.25) is 11.8 Å². The van der Waals surface area contributed by atoms with Crippen molar-refractivity contribution >= 4 is 17.7 Å². The van der Waals surface area contributed by atoms with Gasteiger partial charge >= 0.3 is 0 Å². The molecule has 0 aliphatic carbocycles. The fraction of sp³-hybridized carbons (Fsp3) is 0.500. The molecule has 0 aliphatic rings. The Balaban J connectivity index is 1.98. The van der Waals surface area contributed by atoms with Crippen LogP contribution < -0.4 is 0 Å². The van der Waals surface area contributed by atoms with E-state index in [9.17, 15) is 4.79 Å². The quantitative estimate of drug-likeness (QED) is 0.614. The number of aromatic nitrogens is 4. The molecule has 0 saturated heterocycles. The molecule has 1 unspecified atom stereocenters. The van der Waals surface area contributed by atoms with Gasteiger partial charge in [-0.1, -0.05) is 16.9 Å². The first kappa shape index (κ1) is 16.4. The highest BCUT2D eigenvalue weighted by Gasteiger charge is 2.21. The van der Waals surface area contributed by atoms with Crippen LogP contribution in [0.25, 0.3) is 0 Å². The lowest BCUT2D eigenvalue weighted by Gasteiger charge is -2.19. The lowest BCUT2D eigenvalue weighted by molar-refractivity contribution is -0.129. The molecule has 22 heavy (non-hydrogen) atoms. The van der Waals surface area contributed by atoms with Gasteiger partial charge in [-0.3, -0.25) is 4.79 Å². The number of hydrogen-bond acceptors (Lipinski definition) is 7. The maximum atomic E-state index is 12.4. The molecule has 2 aromatic rings. The Labute approximate surface area is 133 Å². The van der Waals surface area contributed by atoms with Crippen LogP contribution in [-0.4, -0.2) is 43.2 Å². The SMILES string of the molecule is Cc1cc(C)nc(SC(C)C(=O)N(C)Cc2nc(C)no2)n1. The van der Waals surface area contributed by atoms with Crippen LogP contribution in [0.4, 0.5) is 0 Å². The van der Waals surface area contributed by atoms with Crippen LogP contribution in [0, 0.1) is 20.8 Å². The van der Waals surface area contributed by atoms with Crippen molar-refractivity contribution in [2.24, 2.45) is 0 Å². The zero-order chi connectivity index (χ0) is 16.3. The van der Waals surface area contributed by atoms with Crippen molar-refractivity contribution in [3.8, 4) is 0 Å². The van der Waals surface area contributed by atoms with Crippen molar-refractivity contribution in [3.05, 3.63) is 29.2 Å². The molecule has 0 saturated carbocycles. The molecular weight excluding hydrogens is 302 g/mol. The molecular formula is C14H19N5O2S. The number of nitrogens with zero attached hydrogens (tertiary/aromatic N) is 5. The van der Waals surface area contributed by atoms with Crippen molar-refractivity contribution in [3.63, 3.8) is 0 Å². The summed E-state index contributed by atoms with van der Waals surface area (Å²) in [5, 5.41) is 4.03. The summed E-state index contributed by atoms with van der Waals surface area (Å²) in [5.41, 5.74) is 1.79. The lowest BCUT2D eigenvalue weighted by atomic mass is 10.4. The van der Waals surface area contributed by atoms with E-state index >= 15 is 0 Å². The summed E-state index contributed by atoms with van der Waals surface area (Å²) in [7, 11) is 1.71. The van der Waals surface area contributed by atoms with Gasteiger partial charge in [-0.25, -0.2) is 9.97 Å². The van der Waals surface area contributed by atoms with Gasteiger partial charge in [0.25, 0.3) is 0 Å². The molecule has 2 rings (SSSR count). The minimum Gasteiger partial charge on any atom is -0.337 e. The molecule has 2 heterocycles. The van der Waals surface area contributed by atoms with Gasteiger partial charge in [0.05, 0.1) is 11.8 Å². The number of aryl methyl sites for hydroxylation is 3. The molecule has 1 amide bonds. The molecule has 0 bridgehead atoms. The fourth-order valence-corrected chi connectivity index (χ4v) is 2.94. The summed E-state index contributed by atoms with van der Waals surface area (Å²) in [6.45, 7) is 7.69. The van der Waals surface area contributed by atoms with E-state index in [1.165, 1.54) is 11.8 Å². The number of hydrogen-bond donors (Lipinski definition) is 0. The van der Waals surface area contributed by atoms with Gasteiger partial charge < -0.3 is 9.42 Å². The molecule has 8 heteroatoms. The second kappa shape index (κ2) is 6.87. The number of thioether (sulfide) groups is 1. The van der Waals surface area contributed by atoms with E-state index in [1.807, 2.05) is 26.8 Å². The Morgan fingerprint density at radius 3 is 2.45 bits per heavy atom. The van der Waals surface area contributed by atoms with E-state index in [0.29, 0.717) is 16.9 Å². The van der Waals surface area contributed by atoms with Gasteiger partial charge in [0.1, 0.15) is 0 Å². The lowest BCUT2D eigenvalue weighted by Crippen LogP contribution is -2.33. The number of carbonyl (C=O) groups excluding carboxylic acids is 1. The van der Waals surface area contributed by atoms with Crippen LogP contribution in [0.2, 0.25) is 0 Å². The summed E-state index contributed by atoms with van der Waals surface area (Å²) in [5.74, 6) is 0.943. The normalized spacial score (nSPS) is 12.2. The zero-order valence-corrected chi connectivity index (χ0v) is 14.1. The molecule has 0 N–H and O–H groups in total. The van der Waals surface area contributed by atoms with Crippen LogP contribution in [-0.2, 0) is 11.3 Å². The number of carbonyl (C=O) groups is 1. The van der Waals surface area contributed by atoms with E-state index in [0.717, 1.165) is 11.4 Å². The van der Waals surface area contributed by atoms with Crippen LogP contribution in [0.3, 0.4) is 0 Å². The third-order valence-electron chi connectivity index (χ3n) is 2.91. The van der Waals surface area contributed by atoms with Gasteiger partial charge in [0, 0.05) is 18.4 Å². The summed E-state index contributed by atoms with van der Waals surface area (Å²) in [6, 6.07) is 1.90. The zero-order valence-electron chi connectivity index (χ0n) is 13.3. The Morgan fingerprint density at radius 1 is 1.27 bits per heavy atom. The van der Waals surface area contributed by atoms with Crippen molar-refractivity contribution in [1.29, 1.82) is 0 Å². The van der Waals surface area contributed by atoms with Gasteiger partial charge in [-0.2, -0.15) is 4.98 Å². The highest BCUT2D eigenvalue weighted by molar-refractivity contribution is 8.00. The molecule has 7 nitrogen and oxygen atoms in total. The molecule has 0 aromatic carbocycles. The predicted octanol–water partition coefficient (Wildman–Crippen LogP) is 1.92. The highest BCUT2D eigenvalue weighted by Crippen LogP contribution is 2.21. The fourth-order valence-electron chi connectivity index (χ4n) is 1.95. The van der Waals surface area contributed by atoms with Crippen LogP contribution in [0.15, 0.2) is 15.7 Å². The summed E-state index contributed by atoms with van der Waals surface area (Å²) < 4.78 is 5.03. The minimum absolute atomic E-state index is 0.0383. The Morgan fingerprint density at radius 2 is 1.91 bits per heavy atom. The second-order valence-corrected chi connectivity index (χ2v) is 6.43. The first-order valence-corrected chi connectivity index (χ1v) is 7.76. The van der Waals surface area contributed by atoms with E-state index < -0.39 is 0 Å². The van der Waals surface area contributed by atoms with Gasteiger partial charge in [-0.05, 0) is 33.8 Å². The maximum Gasteiger partial charge on any atom is 0.246 e. The van der Waals surface area contributed by atoms with Crippen molar-refractivity contribution in [1.82, 2.24) is 25.0 Å². The first-order valence-electron chi connectivity index (χ1n) is 6.88. The Kier molecular flexibility index (Phi) is 5.12. The molecule has 2 aromatic heterocycles. The molecule has 118 valence electrons. The monoisotopic (exact) mass is 321 g/mol. The molecule has 0 spiro atoms. The number of rotatable bonds is 5. The van der Waals surface area contributed by atoms with E-state index in [2.05, 4.69) is 20.1 Å². The maximum absolute atomic E-state index is 12.4. The molecule has 0 fully saturated rings. The van der Waals surface area contributed by atoms with E-state index in [-0.39, 0.29) is 17.7 Å². The third kappa shape index (κ3) is 4.27. The van der Waals surface area contributed by atoms with Crippen molar-refractivity contribution in [2.75, 3.05) is 7.05 Å². The van der Waals surface area contributed by atoms with Gasteiger partial charge in [0.15, 0.2) is 11.0 Å². The van der Waals surface area contributed by atoms with E-state index in [4.69, 9.17) is 4.52 Å². The first-order chi connectivity index (χ1) is 10.3. The van der Waals surface area contributed by atoms with Crippen LogP contribution >= 0.6 is 11.8 Å². The smallest absolute Gasteiger partial charge is 0.246 e. The summed E-state index contributed by atoms with van der Waals surface area (Å²) in [6.07, 6.45) is 0. The van der Waals surface area contributed by atoms with Gasteiger partial charge in [-0.15, -0.1) is 0 Å². The topological polar surface area (TPSA) is 85.0 Å².